The molecule has 0 heterocycles. The lowest BCUT2D eigenvalue weighted by Gasteiger charge is -2.03. The fourth-order valence-corrected chi connectivity index (χ4v) is 0.797. The summed E-state index contributed by atoms with van der Waals surface area (Å²) in [5, 5.41) is 17.7. The van der Waals surface area contributed by atoms with Gasteiger partial charge in [-0.25, -0.2) is 10.3 Å². The third-order valence-electron chi connectivity index (χ3n) is 1.41. The normalized spacial score (nSPS) is 10.2. The van der Waals surface area contributed by atoms with E-state index in [1.54, 1.807) is 0 Å². The van der Waals surface area contributed by atoms with Gasteiger partial charge in [-0.1, -0.05) is 0 Å². The molecule has 0 atom stereocenters. The van der Waals surface area contributed by atoms with Crippen LogP contribution in [-0.2, 0) is 11.4 Å². The third kappa shape index (κ3) is 1.46. The molecule has 1 rings (SSSR count). The lowest BCUT2D eigenvalue weighted by atomic mass is 10.2. The van der Waals surface area contributed by atoms with Gasteiger partial charge in [-0.15, -0.1) is 0 Å². The van der Waals surface area contributed by atoms with Crippen molar-refractivity contribution in [1.82, 2.24) is 0 Å². The molecule has 0 aliphatic carbocycles. The van der Waals surface area contributed by atoms with Crippen molar-refractivity contribution in [3.8, 4) is 11.5 Å². The molecular weight excluding hydrogens is 165 g/mol. The quantitative estimate of drug-likeness (QED) is 0.452. The fourth-order valence-electron chi connectivity index (χ4n) is 0.797. The van der Waals surface area contributed by atoms with Crippen LogP contribution in [0.3, 0.4) is 0 Å². The van der Waals surface area contributed by atoms with Crippen molar-refractivity contribution in [3.63, 3.8) is 0 Å². The summed E-state index contributed by atoms with van der Waals surface area (Å²) in [5.74, 6) is 2.50. The highest BCUT2D eigenvalue weighted by atomic mass is 19.1. The fraction of sp³-hybridized carbons (Fsp3) is 0.143. The largest absolute Gasteiger partial charge is 0.504 e. The summed E-state index contributed by atoms with van der Waals surface area (Å²) in [7, 11) is 0. The second-order valence-electron chi connectivity index (χ2n) is 2.22. The summed E-state index contributed by atoms with van der Waals surface area (Å²) in [4.78, 5) is 4.17. The summed E-state index contributed by atoms with van der Waals surface area (Å²) in [6.07, 6.45) is 0. The van der Waals surface area contributed by atoms with E-state index in [9.17, 15) is 4.39 Å². The minimum absolute atomic E-state index is 0.0906. The van der Waals surface area contributed by atoms with Crippen LogP contribution in [0.5, 0.6) is 11.5 Å². The average Bonchev–Trinajstić information content (AvgIpc) is 2.07. The molecule has 0 aliphatic rings. The zero-order valence-corrected chi connectivity index (χ0v) is 6.12. The number of benzene rings is 1. The Kier molecular flexibility index (Phi) is 2.47. The van der Waals surface area contributed by atoms with Crippen LogP contribution in [0.2, 0.25) is 0 Å². The number of phenolic OH excluding ortho intramolecular Hbond substituents is 2. The third-order valence-corrected chi connectivity index (χ3v) is 1.41. The molecule has 1 aromatic rings. The predicted molar refractivity (Wildman–Crippen MR) is 38.7 cm³/mol. The maximum atomic E-state index is 12.9. The Morgan fingerprint density at radius 2 is 2.08 bits per heavy atom. The Morgan fingerprint density at radius 3 is 2.67 bits per heavy atom. The van der Waals surface area contributed by atoms with Gasteiger partial charge >= 0.3 is 0 Å². The number of halogens is 1. The van der Waals surface area contributed by atoms with Gasteiger partial charge < -0.3 is 10.2 Å². The molecule has 0 aliphatic heterocycles. The molecule has 66 valence electrons. The molecule has 0 spiro atoms. The SMILES string of the molecule is NOCc1ccc(O)c(O)c1F. The van der Waals surface area contributed by atoms with Gasteiger partial charge in [0, 0.05) is 5.56 Å². The molecular formula is C7H8FNO3. The minimum Gasteiger partial charge on any atom is -0.504 e. The Hall–Kier alpha value is -1.33. The summed E-state index contributed by atoms with van der Waals surface area (Å²) in [6, 6.07) is 2.43. The van der Waals surface area contributed by atoms with Crippen molar-refractivity contribution in [2.75, 3.05) is 0 Å². The van der Waals surface area contributed by atoms with Gasteiger partial charge in [0.1, 0.15) is 0 Å². The van der Waals surface area contributed by atoms with E-state index in [4.69, 9.17) is 16.1 Å². The monoisotopic (exact) mass is 173 g/mol. The van der Waals surface area contributed by atoms with Crippen LogP contribution in [0.4, 0.5) is 4.39 Å². The molecule has 0 saturated heterocycles. The van der Waals surface area contributed by atoms with E-state index >= 15 is 0 Å². The van der Waals surface area contributed by atoms with Crippen molar-refractivity contribution in [2.45, 2.75) is 6.61 Å². The second-order valence-corrected chi connectivity index (χ2v) is 2.22. The number of hydrogen-bond acceptors (Lipinski definition) is 4. The summed E-state index contributed by atoms with van der Waals surface area (Å²) in [5.41, 5.74) is 0.0906. The Bertz CT molecular complexity index is 290. The van der Waals surface area contributed by atoms with Crippen LogP contribution in [0.1, 0.15) is 5.56 Å². The molecule has 5 heteroatoms. The van der Waals surface area contributed by atoms with Crippen molar-refractivity contribution in [2.24, 2.45) is 5.90 Å². The number of phenols is 2. The van der Waals surface area contributed by atoms with Crippen LogP contribution in [0.15, 0.2) is 12.1 Å². The molecule has 0 saturated carbocycles. The van der Waals surface area contributed by atoms with Gasteiger partial charge in [0.15, 0.2) is 17.3 Å². The highest BCUT2D eigenvalue weighted by molar-refractivity contribution is 5.41. The lowest BCUT2D eigenvalue weighted by molar-refractivity contribution is 0.121. The molecule has 0 bridgehead atoms. The number of hydrogen-bond donors (Lipinski definition) is 3. The molecule has 12 heavy (non-hydrogen) atoms. The Morgan fingerprint density at radius 1 is 1.42 bits per heavy atom. The van der Waals surface area contributed by atoms with Gasteiger partial charge in [-0.2, -0.15) is 0 Å². The molecule has 0 fully saturated rings. The van der Waals surface area contributed by atoms with Gasteiger partial charge in [0.25, 0.3) is 0 Å². The Balaban J connectivity index is 3.08. The van der Waals surface area contributed by atoms with E-state index in [1.165, 1.54) is 6.07 Å². The zero-order chi connectivity index (χ0) is 9.14. The maximum Gasteiger partial charge on any atom is 0.194 e. The molecule has 4 nitrogen and oxygen atoms in total. The van der Waals surface area contributed by atoms with E-state index in [-0.39, 0.29) is 12.2 Å². The lowest BCUT2D eigenvalue weighted by Crippen LogP contribution is -2.01. The smallest absolute Gasteiger partial charge is 0.194 e. The highest BCUT2D eigenvalue weighted by Gasteiger charge is 2.10. The summed E-state index contributed by atoms with van der Waals surface area (Å²) in [6.45, 7) is -0.153. The van der Waals surface area contributed by atoms with Crippen molar-refractivity contribution in [3.05, 3.63) is 23.5 Å². The first-order valence-electron chi connectivity index (χ1n) is 3.17. The molecule has 1 aromatic carbocycles. The van der Waals surface area contributed by atoms with E-state index in [2.05, 4.69) is 4.84 Å². The first-order valence-corrected chi connectivity index (χ1v) is 3.17. The van der Waals surface area contributed by atoms with Gasteiger partial charge in [-0.3, -0.25) is 4.84 Å². The zero-order valence-electron chi connectivity index (χ0n) is 6.12. The molecule has 0 radical (unpaired) electrons. The van der Waals surface area contributed by atoms with Gasteiger partial charge in [0.2, 0.25) is 0 Å². The maximum absolute atomic E-state index is 12.9. The van der Waals surface area contributed by atoms with Gasteiger partial charge in [-0.05, 0) is 12.1 Å². The van der Waals surface area contributed by atoms with Crippen molar-refractivity contribution < 1.29 is 19.4 Å². The summed E-state index contributed by atoms with van der Waals surface area (Å²) < 4.78 is 12.9. The molecule has 0 aromatic heterocycles. The van der Waals surface area contributed by atoms with Crippen molar-refractivity contribution >= 4 is 0 Å². The topological polar surface area (TPSA) is 75.7 Å². The van der Waals surface area contributed by atoms with Crippen LogP contribution in [0, 0.1) is 5.82 Å². The van der Waals surface area contributed by atoms with E-state index in [0.717, 1.165) is 6.07 Å². The van der Waals surface area contributed by atoms with Crippen LogP contribution in [0.25, 0.3) is 0 Å². The second kappa shape index (κ2) is 3.38. The van der Waals surface area contributed by atoms with Crippen LogP contribution < -0.4 is 5.90 Å². The standard InChI is InChI=1S/C7H8FNO3/c8-6-4(3-12-9)1-2-5(10)7(6)11/h1-2,10-11H,3,9H2. The van der Waals surface area contributed by atoms with E-state index in [0.29, 0.717) is 0 Å². The van der Waals surface area contributed by atoms with E-state index < -0.39 is 17.3 Å². The molecule has 0 amide bonds. The van der Waals surface area contributed by atoms with Gasteiger partial charge in [0.05, 0.1) is 6.61 Å². The minimum atomic E-state index is -0.916. The predicted octanol–water partition coefficient (Wildman–Crippen LogP) is 0.627. The van der Waals surface area contributed by atoms with Crippen molar-refractivity contribution in [1.29, 1.82) is 0 Å². The first-order chi connectivity index (χ1) is 5.66. The number of aromatic hydroxyl groups is 2. The highest BCUT2D eigenvalue weighted by Crippen LogP contribution is 2.29. The number of rotatable bonds is 2. The molecule has 4 N–H and O–H groups in total. The Labute approximate surface area is 68.0 Å². The summed E-state index contributed by atoms with van der Waals surface area (Å²) >= 11 is 0. The van der Waals surface area contributed by atoms with Crippen LogP contribution >= 0.6 is 0 Å². The van der Waals surface area contributed by atoms with E-state index in [1.807, 2.05) is 0 Å². The van der Waals surface area contributed by atoms with Crippen LogP contribution in [-0.4, -0.2) is 10.2 Å². The number of nitrogens with two attached hydrogens (primary N) is 1. The molecule has 0 unspecified atom stereocenters. The average molecular weight is 173 g/mol. The first kappa shape index (κ1) is 8.76.